The zero-order valence-corrected chi connectivity index (χ0v) is 10.1. The van der Waals surface area contributed by atoms with Crippen LogP contribution in [-0.4, -0.2) is 11.0 Å². The van der Waals surface area contributed by atoms with E-state index in [1.807, 2.05) is 13.8 Å². The van der Waals surface area contributed by atoms with E-state index in [0.29, 0.717) is 0 Å². The first kappa shape index (κ1) is 11.1. The number of pyridine rings is 1. The first-order valence-corrected chi connectivity index (χ1v) is 5.69. The predicted octanol–water partition coefficient (Wildman–Crippen LogP) is 2.74. The fourth-order valence-electron chi connectivity index (χ4n) is 2.12. The van der Waals surface area contributed by atoms with E-state index in [-0.39, 0.29) is 6.04 Å². The van der Waals surface area contributed by atoms with Crippen LogP contribution in [0.4, 0.5) is 0 Å². The molecule has 0 amide bonds. The number of hydrogen-bond acceptors (Lipinski definition) is 2. The van der Waals surface area contributed by atoms with Crippen LogP contribution in [0.5, 0.6) is 0 Å². The molecule has 84 valence electrons. The van der Waals surface area contributed by atoms with Crippen LogP contribution in [0.25, 0.3) is 10.9 Å². The Morgan fingerprint density at radius 2 is 2.00 bits per heavy atom. The fourth-order valence-corrected chi connectivity index (χ4v) is 2.12. The molecular weight excluding hydrogens is 196 g/mol. The standard InChI is InChI=1S/C14H18N2/c1-9-6-11(3)16-14-8-12(7-10(2)15)4-5-13(9)14/h4-6,8,10H,7,15H2,1-3H3. The lowest BCUT2D eigenvalue weighted by Gasteiger charge is -2.08. The molecule has 1 aromatic carbocycles. The Morgan fingerprint density at radius 3 is 2.69 bits per heavy atom. The minimum Gasteiger partial charge on any atom is -0.328 e. The van der Waals surface area contributed by atoms with Gasteiger partial charge in [0, 0.05) is 17.1 Å². The lowest BCUT2D eigenvalue weighted by Crippen LogP contribution is -2.17. The lowest BCUT2D eigenvalue weighted by molar-refractivity contribution is 0.738. The highest BCUT2D eigenvalue weighted by atomic mass is 14.7. The molecule has 2 aromatic rings. The highest BCUT2D eigenvalue weighted by Crippen LogP contribution is 2.19. The topological polar surface area (TPSA) is 38.9 Å². The Morgan fingerprint density at radius 1 is 1.25 bits per heavy atom. The van der Waals surface area contributed by atoms with Crippen LogP contribution >= 0.6 is 0 Å². The molecule has 16 heavy (non-hydrogen) atoms. The van der Waals surface area contributed by atoms with E-state index in [4.69, 9.17) is 5.73 Å². The molecular formula is C14H18N2. The Balaban J connectivity index is 2.53. The van der Waals surface area contributed by atoms with E-state index in [0.717, 1.165) is 17.6 Å². The maximum absolute atomic E-state index is 5.81. The van der Waals surface area contributed by atoms with Crippen LogP contribution in [0.2, 0.25) is 0 Å². The second-order valence-corrected chi connectivity index (χ2v) is 4.61. The van der Waals surface area contributed by atoms with Gasteiger partial charge in [0.25, 0.3) is 0 Å². The van der Waals surface area contributed by atoms with Crippen molar-refractivity contribution in [3.05, 3.63) is 41.1 Å². The molecule has 1 heterocycles. The molecule has 0 saturated carbocycles. The number of nitrogens with two attached hydrogens (primary N) is 1. The smallest absolute Gasteiger partial charge is 0.0710 e. The van der Waals surface area contributed by atoms with Gasteiger partial charge in [0.1, 0.15) is 0 Å². The van der Waals surface area contributed by atoms with Gasteiger partial charge >= 0.3 is 0 Å². The summed E-state index contributed by atoms with van der Waals surface area (Å²) < 4.78 is 0. The molecule has 2 heteroatoms. The monoisotopic (exact) mass is 214 g/mol. The maximum atomic E-state index is 5.81. The van der Waals surface area contributed by atoms with Gasteiger partial charge < -0.3 is 5.73 Å². The number of fused-ring (bicyclic) bond motifs is 1. The maximum Gasteiger partial charge on any atom is 0.0710 e. The van der Waals surface area contributed by atoms with Gasteiger partial charge in [-0.3, -0.25) is 4.98 Å². The van der Waals surface area contributed by atoms with Gasteiger partial charge in [0.15, 0.2) is 0 Å². The number of aromatic nitrogens is 1. The molecule has 2 N–H and O–H groups in total. The minimum absolute atomic E-state index is 0.198. The van der Waals surface area contributed by atoms with Crippen molar-refractivity contribution < 1.29 is 0 Å². The summed E-state index contributed by atoms with van der Waals surface area (Å²) in [4.78, 5) is 4.56. The quantitative estimate of drug-likeness (QED) is 0.834. The number of nitrogens with zero attached hydrogens (tertiary/aromatic N) is 1. The van der Waals surface area contributed by atoms with Gasteiger partial charge in [0.05, 0.1) is 5.52 Å². The zero-order chi connectivity index (χ0) is 11.7. The number of benzene rings is 1. The van der Waals surface area contributed by atoms with Gasteiger partial charge in [-0.05, 0) is 50.5 Å². The summed E-state index contributed by atoms with van der Waals surface area (Å²) in [7, 11) is 0. The number of hydrogen-bond donors (Lipinski definition) is 1. The Kier molecular flexibility index (Phi) is 2.92. The summed E-state index contributed by atoms with van der Waals surface area (Å²) in [5.41, 5.74) is 10.5. The zero-order valence-electron chi connectivity index (χ0n) is 10.1. The van der Waals surface area contributed by atoms with Gasteiger partial charge in [-0.2, -0.15) is 0 Å². The Hall–Kier alpha value is -1.41. The average Bonchev–Trinajstić information content (AvgIpc) is 2.15. The van der Waals surface area contributed by atoms with Crippen LogP contribution in [0, 0.1) is 13.8 Å². The Labute approximate surface area is 96.5 Å². The van der Waals surface area contributed by atoms with E-state index in [1.54, 1.807) is 0 Å². The minimum atomic E-state index is 0.198. The molecule has 0 aliphatic rings. The molecule has 1 unspecified atom stereocenters. The van der Waals surface area contributed by atoms with E-state index in [2.05, 4.69) is 36.2 Å². The first-order valence-electron chi connectivity index (χ1n) is 5.69. The largest absolute Gasteiger partial charge is 0.328 e. The van der Waals surface area contributed by atoms with Crippen LogP contribution in [0.3, 0.4) is 0 Å². The summed E-state index contributed by atoms with van der Waals surface area (Å²) in [5, 5.41) is 1.24. The second-order valence-electron chi connectivity index (χ2n) is 4.61. The normalized spacial score (nSPS) is 13.0. The lowest BCUT2D eigenvalue weighted by atomic mass is 10.0. The highest BCUT2D eigenvalue weighted by molar-refractivity contribution is 5.82. The number of aryl methyl sites for hydroxylation is 2. The second kappa shape index (κ2) is 4.22. The van der Waals surface area contributed by atoms with Crippen molar-refractivity contribution in [2.75, 3.05) is 0 Å². The van der Waals surface area contributed by atoms with Gasteiger partial charge in [-0.1, -0.05) is 12.1 Å². The fraction of sp³-hybridized carbons (Fsp3) is 0.357. The van der Waals surface area contributed by atoms with Crippen molar-refractivity contribution in [3.8, 4) is 0 Å². The van der Waals surface area contributed by atoms with Crippen molar-refractivity contribution in [2.24, 2.45) is 5.73 Å². The van der Waals surface area contributed by atoms with Crippen molar-refractivity contribution in [1.29, 1.82) is 0 Å². The van der Waals surface area contributed by atoms with Crippen molar-refractivity contribution in [1.82, 2.24) is 4.98 Å². The van der Waals surface area contributed by atoms with E-state index < -0.39 is 0 Å². The highest BCUT2D eigenvalue weighted by Gasteiger charge is 2.03. The van der Waals surface area contributed by atoms with Crippen LogP contribution < -0.4 is 5.73 Å². The van der Waals surface area contributed by atoms with E-state index in [1.165, 1.54) is 16.5 Å². The summed E-state index contributed by atoms with van der Waals surface area (Å²) in [6.07, 6.45) is 0.907. The molecule has 2 nitrogen and oxygen atoms in total. The van der Waals surface area contributed by atoms with Gasteiger partial charge in [-0.25, -0.2) is 0 Å². The predicted molar refractivity (Wildman–Crippen MR) is 68.6 cm³/mol. The number of rotatable bonds is 2. The molecule has 0 aliphatic carbocycles. The molecule has 2 rings (SSSR count). The van der Waals surface area contributed by atoms with Crippen molar-refractivity contribution in [2.45, 2.75) is 33.2 Å². The summed E-state index contributed by atoms with van der Waals surface area (Å²) >= 11 is 0. The van der Waals surface area contributed by atoms with E-state index in [9.17, 15) is 0 Å². The third-order valence-electron chi connectivity index (χ3n) is 2.77. The molecule has 0 aliphatic heterocycles. The molecule has 0 saturated heterocycles. The molecule has 0 bridgehead atoms. The van der Waals surface area contributed by atoms with E-state index >= 15 is 0 Å². The third-order valence-corrected chi connectivity index (χ3v) is 2.77. The average molecular weight is 214 g/mol. The van der Waals surface area contributed by atoms with Crippen LogP contribution in [-0.2, 0) is 6.42 Å². The Bertz CT molecular complexity index is 515. The van der Waals surface area contributed by atoms with Crippen LogP contribution in [0.1, 0.15) is 23.7 Å². The first-order chi connectivity index (χ1) is 7.56. The van der Waals surface area contributed by atoms with Crippen molar-refractivity contribution in [3.63, 3.8) is 0 Å². The summed E-state index contributed by atoms with van der Waals surface area (Å²) in [6, 6.07) is 8.76. The SMILES string of the molecule is Cc1cc(C)c2ccc(CC(C)N)cc2n1. The van der Waals surface area contributed by atoms with Gasteiger partial charge in [0.2, 0.25) is 0 Å². The summed E-state index contributed by atoms with van der Waals surface area (Å²) in [6.45, 7) is 6.19. The summed E-state index contributed by atoms with van der Waals surface area (Å²) in [5.74, 6) is 0. The molecule has 0 fully saturated rings. The molecule has 1 atom stereocenters. The third kappa shape index (κ3) is 2.22. The van der Waals surface area contributed by atoms with Crippen molar-refractivity contribution >= 4 is 10.9 Å². The van der Waals surface area contributed by atoms with Gasteiger partial charge in [-0.15, -0.1) is 0 Å². The molecule has 0 radical (unpaired) electrons. The van der Waals surface area contributed by atoms with Crippen LogP contribution in [0.15, 0.2) is 24.3 Å². The molecule has 1 aromatic heterocycles. The molecule has 0 spiro atoms.